The molecule has 0 aliphatic carbocycles. The summed E-state index contributed by atoms with van der Waals surface area (Å²) in [5.74, 6) is 0. The number of nitrogens with zero attached hydrogens (tertiary/aromatic N) is 2. The monoisotopic (exact) mass is 392 g/mol. The van der Waals surface area contributed by atoms with Gasteiger partial charge in [-0.05, 0) is 64.3 Å². The van der Waals surface area contributed by atoms with Crippen LogP contribution in [0.2, 0.25) is 0 Å². The number of likely N-dealkylation sites (tertiary alicyclic amines) is 1. The van der Waals surface area contributed by atoms with E-state index in [4.69, 9.17) is 4.74 Å². The van der Waals surface area contributed by atoms with Crippen molar-refractivity contribution < 1.29 is 9.53 Å². The Kier molecular flexibility index (Phi) is 4.65. The molecule has 1 fully saturated rings. The molecule has 0 radical (unpaired) electrons. The van der Waals surface area contributed by atoms with Gasteiger partial charge in [0.1, 0.15) is 5.60 Å². The third kappa shape index (κ3) is 3.61. The fourth-order valence-electron chi connectivity index (χ4n) is 3.25. The van der Waals surface area contributed by atoms with E-state index < -0.39 is 5.60 Å². The minimum absolute atomic E-state index is 0.196. The molecule has 1 aliphatic rings. The SMILES string of the molecule is Cc1cc2c(ccn2C2CCN(C(=O)OC(C)(C)C)CC2)cc1Br. The van der Waals surface area contributed by atoms with Crippen LogP contribution in [0.3, 0.4) is 0 Å². The minimum Gasteiger partial charge on any atom is -0.444 e. The Labute approximate surface area is 151 Å². The van der Waals surface area contributed by atoms with Gasteiger partial charge in [0.2, 0.25) is 0 Å². The van der Waals surface area contributed by atoms with Crippen LogP contribution in [0.15, 0.2) is 28.9 Å². The quantitative estimate of drug-likeness (QED) is 0.660. The number of piperidine rings is 1. The predicted octanol–water partition coefficient (Wildman–Crippen LogP) is 5.28. The van der Waals surface area contributed by atoms with Crippen LogP contribution in [0.25, 0.3) is 10.9 Å². The number of halogens is 1. The van der Waals surface area contributed by atoms with Crippen LogP contribution in [0.1, 0.15) is 45.2 Å². The number of carbonyl (C=O) groups excluding carboxylic acids is 1. The van der Waals surface area contributed by atoms with Crippen molar-refractivity contribution in [3.05, 3.63) is 34.4 Å². The lowest BCUT2D eigenvalue weighted by Gasteiger charge is -2.34. The van der Waals surface area contributed by atoms with Gasteiger partial charge in [0.25, 0.3) is 0 Å². The molecular weight excluding hydrogens is 368 g/mol. The molecule has 5 heteroatoms. The first-order valence-corrected chi connectivity index (χ1v) is 9.28. The Balaban J connectivity index is 1.71. The first-order valence-electron chi connectivity index (χ1n) is 8.49. The maximum absolute atomic E-state index is 12.2. The molecule has 1 saturated heterocycles. The first-order chi connectivity index (χ1) is 11.2. The summed E-state index contributed by atoms with van der Waals surface area (Å²) >= 11 is 3.60. The number of amides is 1. The number of benzene rings is 1. The number of fused-ring (bicyclic) bond motifs is 1. The van der Waals surface area contributed by atoms with Gasteiger partial charge in [-0.2, -0.15) is 0 Å². The maximum atomic E-state index is 12.2. The zero-order valence-corrected chi connectivity index (χ0v) is 16.4. The van der Waals surface area contributed by atoms with E-state index >= 15 is 0 Å². The van der Waals surface area contributed by atoms with E-state index in [1.54, 1.807) is 0 Å². The summed E-state index contributed by atoms with van der Waals surface area (Å²) in [7, 11) is 0. The second-order valence-electron chi connectivity index (χ2n) is 7.58. The average Bonchev–Trinajstić information content (AvgIpc) is 2.89. The van der Waals surface area contributed by atoms with E-state index in [-0.39, 0.29) is 6.09 Å². The average molecular weight is 393 g/mol. The molecule has 4 nitrogen and oxygen atoms in total. The fourth-order valence-corrected chi connectivity index (χ4v) is 3.61. The van der Waals surface area contributed by atoms with Crippen molar-refractivity contribution in [1.82, 2.24) is 9.47 Å². The van der Waals surface area contributed by atoms with Crippen LogP contribution in [-0.4, -0.2) is 34.3 Å². The Morgan fingerprint density at radius 3 is 2.54 bits per heavy atom. The number of aryl methyl sites for hydroxylation is 1. The summed E-state index contributed by atoms with van der Waals surface area (Å²) in [5, 5.41) is 1.25. The number of carbonyl (C=O) groups is 1. The minimum atomic E-state index is -0.435. The van der Waals surface area contributed by atoms with E-state index in [2.05, 4.69) is 51.8 Å². The molecule has 2 heterocycles. The standard InChI is InChI=1S/C19H25BrN2O2/c1-13-11-17-14(12-16(13)20)5-10-22(17)15-6-8-21(9-7-15)18(23)24-19(2,3)4/h5,10-12,15H,6-9H2,1-4H3. The van der Waals surface area contributed by atoms with Crippen molar-refractivity contribution in [2.24, 2.45) is 0 Å². The molecule has 0 spiro atoms. The maximum Gasteiger partial charge on any atom is 0.410 e. The molecule has 0 saturated carbocycles. The molecule has 24 heavy (non-hydrogen) atoms. The van der Waals surface area contributed by atoms with E-state index in [1.165, 1.54) is 16.5 Å². The van der Waals surface area contributed by atoms with Gasteiger partial charge < -0.3 is 14.2 Å². The molecule has 130 valence electrons. The van der Waals surface area contributed by atoms with Gasteiger partial charge in [0.15, 0.2) is 0 Å². The highest BCUT2D eigenvalue weighted by molar-refractivity contribution is 9.10. The molecular formula is C19H25BrN2O2. The molecule has 0 bridgehead atoms. The van der Waals surface area contributed by atoms with E-state index in [0.717, 1.165) is 30.4 Å². The molecule has 2 aromatic rings. The lowest BCUT2D eigenvalue weighted by Crippen LogP contribution is -2.42. The normalized spacial score (nSPS) is 16.6. The highest BCUT2D eigenvalue weighted by atomic mass is 79.9. The summed E-state index contributed by atoms with van der Waals surface area (Å²) < 4.78 is 8.99. The zero-order chi connectivity index (χ0) is 17.5. The molecule has 0 atom stereocenters. The number of ether oxygens (including phenoxy) is 1. The zero-order valence-electron chi connectivity index (χ0n) is 14.8. The van der Waals surface area contributed by atoms with Crippen LogP contribution < -0.4 is 0 Å². The third-order valence-corrected chi connectivity index (χ3v) is 5.36. The largest absolute Gasteiger partial charge is 0.444 e. The third-order valence-electron chi connectivity index (χ3n) is 4.51. The highest BCUT2D eigenvalue weighted by Gasteiger charge is 2.27. The van der Waals surface area contributed by atoms with Crippen LogP contribution >= 0.6 is 15.9 Å². The van der Waals surface area contributed by atoms with Gasteiger partial charge >= 0.3 is 6.09 Å². The Bertz CT molecular complexity index is 753. The van der Waals surface area contributed by atoms with Gasteiger partial charge in [-0.25, -0.2) is 4.79 Å². The number of hydrogen-bond acceptors (Lipinski definition) is 2. The van der Waals surface area contributed by atoms with Crippen LogP contribution in [0, 0.1) is 6.92 Å². The summed E-state index contributed by atoms with van der Waals surface area (Å²) in [6.07, 6.45) is 3.89. The molecule has 1 aromatic carbocycles. The molecule has 1 amide bonds. The van der Waals surface area contributed by atoms with Gasteiger partial charge in [0.05, 0.1) is 0 Å². The number of aromatic nitrogens is 1. The van der Waals surface area contributed by atoms with Gasteiger partial charge in [-0.15, -0.1) is 0 Å². The second-order valence-corrected chi connectivity index (χ2v) is 8.44. The van der Waals surface area contributed by atoms with E-state index in [0.29, 0.717) is 6.04 Å². The Morgan fingerprint density at radius 2 is 1.92 bits per heavy atom. The van der Waals surface area contributed by atoms with Crippen molar-refractivity contribution in [3.8, 4) is 0 Å². The van der Waals surface area contributed by atoms with Gasteiger partial charge in [0, 0.05) is 40.7 Å². The number of rotatable bonds is 1. The van der Waals surface area contributed by atoms with Crippen LogP contribution in [0.4, 0.5) is 4.79 Å². The topological polar surface area (TPSA) is 34.5 Å². The lowest BCUT2D eigenvalue weighted by atomic mass is 10.0. The van der Waals surface area contributed by atoms with E-state index in [1.807, 2.05) is 25.7 Å². The molecule has 3 rings (SSSR count). The molecule has 1 aromatic heterocycles. The van der Waals surface area contributed by atoms with Crippen molar-refractivity contribution >= 4 is 32.9 Å². The molecule has 0 N–H and O–H groups in total. The van der Waals surface area contributed by atoms with Crippen LogP contribution in [0.5, 0.6) is 0 Å². The van der Waals surface area contributed by atoms with Crippen molar-refractivity contribution in [3.63, 3.8) is 0 Å². The Morgan fingerprint density at radius 1 is 1.25 bits per heavy atom. The molecule has 1 aliphatic heterocycles. The smallest absolute Gasteiger partial charge is 0.410 e. The Hall–Kier alpha value is -1.49. The lowest BCUT2D eigenvalue weighted by molar-refractivity contribution is 0.0190. The van der Waals surface area contributed by atoms with Crippen molar-refractivity contribution in [1.29, 1.82) is 0 Å². The second kappa shape index (κ2) is 6.43. The van der Waals surface area contributed by atoms with Gasteiger partial charge in [-0.1, -0.05) is 15.9 Å². The number of hydrogen-bond donors (Lipinski definition) is 0. The summed E-state index contributed by atoms with van der Waals surface area (Å²) in [5.41, 5.74) is 2.08. The summed E-state index contributed by atoms with van der Waals surface area (Å²) in [6, 6.07) is 7.01. The summed E-state index contributed by atoms with van der Waals surface area (Å²) in [4.78, 5) is 14.0. The highest BCUT2D eigenvalue weighted by Crippen LogP contribution is 2.31. The van der Waals surface area contributed by atoms with Crippen molar-refractivity contribution in [2.45, 2.75) is 52.2 Å². The van der Waals surface area contributed by atoms with Crippen molar-refractivity contribution in [2.75, 3.05) is 13.1 Å². The summed E-state index contributed by atoms with van der Waals surface area (Å²) in [6.45, 7) is 9.33. The fraction of sp³-hybridized carbons (Fsp3) is 0.526. The predicted molar refractivity (Wildman–Crippen MR) is 100 cm³/mol. The van der Waals surface area contributed by atoms with Crippen LogP contribution in [-0.2, 0) is 4.74 Å². The molecule has 0 unspecified atom stereocenters. The first kappa shape index (κ1) is 17.3. The van der Waals surface area contributed by atoms with Gasteiger partial charge in [-0.3, -0.25) is 0 Å². The van der Waals surface area contributed by atoms with E-state index in [9.17, 15) is 4.79 Å².